The van der Waals surface area contributed by atoms with Gasteiger partial charge in [-0.2, -0.15) is 0 Å². The molecule has 0 fully saturated rings. The van der Waals surface area contributed by atoms with Crippen molar-refractivity contribution < 1.29 is 39.9 Å². The van der Waals surface area contributed by atoms with Gasteiger partial charge in [-0.05, 0) is 46.5 Å². The monoisotopic (exact) mass is 855 g/mol. The molecule has 13 heteroatoms. The number of carbonyl (C=O) groups is 2. The van der Waals surface area contributed by atoms with Gasteiger partial charge in [0.1, 0.15) is 24.4 Å². The lowest BCUT2D eigenvalue weighted by Crippen LogP contribution is -2.50. The Morgan fingerprint density at radius 3 is 1.22 bits per heavy atom. The number of aromatic nitrogens is 2. The van der Waals surface area contributed by atoms with Crippen LogP contribution >= 0.6 is 0 Å². The first-order valence-corrected chi connectivity index (χ1v) is 20.7. The lowest BCUT2D eigenvalue weighted by molar-refractivity contribution is -0.117. The zero-order valence-corrected chi connectivity index (χ0v) is 35.7. The lowest BCUT2D eigenvalue weighted by atomic mass is 10.0. The number of hydrogen-bond donors (Lipinski definition) is 5. The summed E-state index contributed by atoms with van der Waals surface area (Å²) in [5.74, 6) is -0.789. The van der Waals surface area contributed by atoms with Crippen LogP contribution in [0.5, 0.6) is 0 Å². The number of hydrogen-bond acceptors (Lipinski definition) is 12. The summed E-state index contributed by atoms with van der Waals surface area (Å²) in [6.45, 7) is 3.34. The summed E-state index contributed by atoms with van der Waals surface area (Å²) in [6, 6.07) is 48.2. The summed E-state index contributed by atoms with van der Waals surface area (Å²) in [5.41, 5.74) is 7.38. The Morgan fingerprint density at radius 2 is 0.889 bits per heavy atom. The summed E-state index contributed by atoms with van der Waals surface area (Å²) in [6.07, 6.45) is -3.57. The molecule has 4 atom stereocenters. The summed E-state index contributed by atoms with van der Waals surface area (Å²) < 4.78 is 4.73. The van der Waals surface area contributed by atoms with Crippen LogP contribution in [0.3, 0.4) is 0 Å². The molecular weight excluding hydrogens is 799 g/mol. The molecule has 0 saturated carbocycles. The van der Waals surface area contributed by atoms with E-state index in [1.54, 1.807) is 24.4 Å². The molecule has 0 radical (unpaired) electrons. The van der Waals surface area contributed by atoms with Crippen LogP contribution in [0, 0.1) is 0 Å². The maximum Gasteiger partial charge on any atom is 0.339 e. The van der Waals surface area contributed by atoms with Crippen molar-refractivity contribution in [2.75, 3.05) is 27.3 Å². The second kappa shape index (κ2) is 25.1. The fourth-order valence-corrected chi connectivity index (χ4v) is 6.82. The Labute approximate surface area is 369 Å². The molecule has 4 aromatic carbocycles. The number of carbonyl (C=O) groups excluding carboxylic acids is 2. The van der Waals surface area contributed by atoms with Crippen LogP contribution in [0.4, 0.5) is 0 Å². The van der Waals surface area contributed by atoms with Crippen molar-refractivity contribution in [1.82, 2.24) is 24.7 Å². The van der Waals surface area contributed by atoms with Gasteiger partial charge < -0.3 is 35.2 Å². The highest BCUT2D eigenvalue weighted by Crippen LogP contribution is 2.17. The van der Waals surface area contributed by atoms with E-state index >= 15 is 0 Å². The third-order valence-corrected chi connectivity index (χ3v) is 10.2. The van der Waals surface area contributed by atoms with Crippen molar-refractivity contribution in [3.8, 4) is 0 Å². The van der Waals surface area contributed by atoms with Gasteiger partial charge in [-0.25, -0.2) is 4.79 Å². The minimum atomic E-state index is -1.75. The standard InChI is InChI=1S/C28H35N3O6.C22H22N2O2/c1-30(18-24(33)26(35)27(36)25(34)19-32)28(37)22-12-13-23(29-14-22)17-31(15-20-8-4-2-5-9-20)16-21-10-6-3-7-11-21;1-26-22(25)20-12-13-21(23-14-20)17-24(15-18-8-4-2-5-9-18)16-19-10-6-3-7-11-19/h2-14,24-27,32-36H,15-19H2,1H3;2-14H,15-17H2,1H3/t24-,25+,26+,27+;/m0./s1. The van der Waals surface area contributed by atoms with Crippen molar-refractivity contribution in [3.63, 3.8) is 0 Å². The number of aliphatic hydroxyl groups is 5. The van der Waals surface area contributed by atoms with Crippen LogP contribution in [-0.4, -0.2) is 114 Å². The Balaban J connectivity index is 0.000000252. The van der Waals surface area contributed by atoms with Crippen molar-refractivity contribution in [2.24, 2.45) is 0 Å². The van der Waals surface area contributed by atoms with Gasteiger partial charge in [0.15, 0.2) is 0 Å². The number of esters is 1. The molecule has 63 heavy (non-hydrogen) atoms. The molecule has 2 aromatic heterocycles. The molecule has 13 nitrogen and oxygen atoms in total. The van der Waals surface area contributed by atoms with Crippen LogP contribution in [0.2, 0.25) is 0 Å². The van der Waals surface area contributed by atoms with Gasteiger partial charge in [0.25, 0.3) is 5.91 Å². The zero-order valence-electron chi connectivity index (χ0n) is 35.7. The predicted octanol–water partition coefficient (Wildman–Crippen LogP) is 4.86. The van der Waals surface area contributed by atoms with Crippen molar-refractivity contribution >= 4 is 11.9 Å². The molecule has 1 amide bonds. The first-order valence-electron chi connectivity index (χ1n) is 20.7. The number of methoxy groups -OCH3 is 1. The fourth-order valence-electron chi connectivity index (χ4n) is 6.82. The van der Waals surface area contributed by atoms with Gasteiger partial charge in [0.05, 0.1) is 36.2 Å². The summed E-state index contributed by atoms with van der Waals surface area (Å²) in [7, 11) is 2.82. The zero-order chi connectivity index (χ0) is 45.0. The molecule has 330 valence electrons. The first kappa shape index (κ1) is 47.9. The van der Waals surface area contributed by atoms with E-state index in [1.165, 1.54) is 47.5 Å². The van der Waals surface area contributed by atoms with Crippen molar-refractivity contribution in [2.45, 2.75) is 63.7 Å². The maximum atomic E-state index is 12.8. The number of benzene rings is 4. The first-order chi connectivity index (χ1) is 30.5. The van der Waals surface area contributed by atoms with Gasteiger partial charge in [-0.15, -0.1) is 0 Å². The van der Waals surface area contributed by atoms with Gasteiger partial charge in [0, 0.05) is 65.3 Å². The number of amides is 1. The third kappa shape index (κ3) is 15.6. The fraction of sp³-hybridized carbons (Fsp3) is 0.280. The highest BCUT2D eigenvalue weighted by molar-refractivity contribution is 5.93. The molecule has 0 spiro atoms. The molecular formula is C50H57N5O8. The Kier molecular flexibility index (Phi) is 19.1. The quantitative estimate of drug-likeness (QED) is 0.0660. The molecule has 2 heterocycles. The van der Waals surface area contributed by atoms with E-state index in [-0.39, 0.29) is 12.5 Å². The van der Waals surface area contributed by atoms with Crippen LogP contribution in [0.25, 0.3) is 0 Å². The van der Waals surface area contributed by atoms with E-state index in [0.29, 0.717) is 24.2 Å². The summed E-state index contributed by atoms with van der Waals surface area (Å²) in [5, 5.41) is 48.3. The van der Waals surface area contributed by atoms with E-state index in [0.717, 1.165) is 37.6 Å². The molecule has 5 N–H and O–H groups in total. The largest absolute Gasteiger partial charge is 0.465 e. The van der Waals surface area contributed by atoms with Crippen LogP contribution < -0.4 is 0 Å². The normalized spacial score (nSPS) is 13.0. The third-order valence-electron chi connectivity index (χ3n) is 10.2. The SMILES string of the molecule is CN(C[C@H](O)[C@@H](O)[C@H](O)[C@H](O)CO)C(=O)c1ccc(CN(Cc2ccccc2)Cc2ccccc2)nc1.COC(=O)c1ccc(CN(Cc2ccccc2)Cc2ccccc2)nc1. The number of ether oxygens (including phenoxy) is 1. The number of aliphatic hydroxyl groups excluding tert-OH is 5. The highest BCUT2D eigenvalue weighted by Gasteiger charge is 2.31. The number of nitrogens with zero attached hydrogens (tertiary/aromatic N) is 5. The Bertz CT molecular complexity index is 2140. The summed E-state index contributed by atoms with van der Waals surface area (Å²) >= 11 is 0. The number of pyridine rings is 2. The highest BCUT2D eigenvalue weighted by atomic mass is 16.5. The Morgan fingerprint density at radius 1 is 0.524 bits per heavy atom. The molecule has 0 aliphatic carbocycles. The molecule has 0 aliphatic rings. The van der Waals surface area contributed by atoms with Crippen LogP contribution in [-0.2, 0) is 44.0 Å². The average Bonchev–Trinajstić information content (AvgIpc) is 3.32. The topological polar surface area (TPSA) is 180 Å². The van der Waals surface area contributed by atoms with E-state index < -0.39 is 36.9 Å². The predicted molar refractivity (Wildman–Crippen MR) is 240 cm³/mol. The van der Waals surface area contributed by atoms with Crippen molar-refractivity contribution in [3.05, 3.63) is 203 Å². The van der Waals surface area contributed by atoms with Gasteiger partial charge in [-0.1, -0.05) is 121 Å². The molecule has 0 saturated heterocycles. The molecule has 6 aromatic rings. The minimum absolute atomic E-state index is 0.293. The van der Waals surface area contributed by atoms with E-state index in [1.807, 2.05) is 54.6 Å². The Hall–Kier alpha value is -6.16. The van der Waals surface area contributed by atoms with Crippen LogP contribution in [0.1, 0.15) is 54.4 Å². The van der Waals surface area contributed by atoms with E-state index in [4.69, 9.17) is 9.84 Å². The smallest absolute Gasteiger partial charge is 0.339 e. The van der Waals surface area contributed by atoms with Crippen LogP contribution in [0.15, 0.2) is 158 Å². The molecule has 0 bridgehead atoms. The lowest BCUT2D eigenvalue weighted by Gasteiger charge is -2.28. The van der Waals surface area contributed by atoms with E-state index in [2.05, 4.69) is 92.6 Å². The molecule has 6 rings (SSSR count). The average molecular weight is 856 g/mol. The second-order valence-corrected chi connectivity index (χ2v) is 15.3. The van der Waals surface area contributed by atoms with Crippen molar-refractivity contribution in [1.29, 1.82) is 0 Å². The molecule has 0 aliphatic heterocycles. The minimum Gasteiger partial charge on any atom is -0.465 e. The van der Waals surface area contributed by atoms with Gasteiger partial charge in [0.2, 0.25) is 0 Å². The number of likely N-dealkylation sites (N-methyl/N-ethyl adjacent to an activating group) is 1. The second-order valence-electron chi connectivity index (χ2n) is 15.3. The van der Waals surface area contributed by atoms with E-state index in [9.17, 15) is 30.0 Å². The van der Waals surface area contributed by atoms with Gasteiger partial charge in [-0.3, -0.25) is 24.6 Å². The maximum absolute atomic E-state index is 12.8. The van der Waals surface area contributed by atoms with Gasteiger partial charge >= 0.3 is 5.97 Å². The number of rotatable bonds is 20. The molecule has 0 unspecified atom stereocenters. The summed E-state index contributed by atoms with van der Waals surface area (Å²) in [4.78, 5) is 39.1.